The highest BCUT2D eigenvalue weighted by Crippen LogP contribution is 1.90. The molecule has 1 atom stereocenters. The van der Waals surface area contributed by atoms with Crippen LogP contribution in [0.5, 0.6) is 0 Å². The van der Waals surface area contributed by atoms with Crippen molar-refractivity contribution in [3.8, 4) is 0 Å². The van der Waals surface area contributed by atoms with E-state index in [4.69, 9.17) is 11.5 Å². The summed E-state index contributed by atoms with van der Waals surface area (Å²) in [5.41, 5.74) is 10.4. The van der Waals surface area contributed by atoms with Gasteiger partial charge in [-0.1, -0.05) is 0 Å². The number of carbonyl (C=O) groups is 1. The van der Waals surface area contributed by atoms with Crippen molar-refractivity contribution < 1.29 is 4.79 Å². The van der Waals surface area contributed by atoms with Crippen LogP contribution in [0.15, 0.2) is 12.7 Å². The average Bonchev–Trinajstić information content (AvgIpc) is 2.51. The number of hydrogen-bond acceptors (Lipinski definition) is 4. The van der Waals surface area contributed by atoms with Crippen LogP contribution in [0.2, 0.25) is 0 Å². The van der Waals surface area contributed by atoms with Gasteiger partial charge in [-0.3, -0.25) is 9.48 Å². The Hall–Kier alpha value is -1.43. The van der Waals surface area contributed by atoms with Crippen LogP contribution in [0.4, 0.5) is 0 Å². The molecule has 12 heavy (non-hydrogen) atoms. The number of aromatic nitrogens is 3. The van der Waals surface area contributed by atoms with Crippen molar-refractivity contribution in [3.05, 3.63) is 12.7 Å². The molecule has 1 aromatic heterocycles. The van der Waals surface area contributed by atoms with Crippen LogP contribution in [0, 0.1) is 0 Å². The summed E-state index contributed by atoms with van der Waals surface area (Å²) in [6.45, 7) is 0.560. The summed E-state index contributed by atoms with van der Waals surface area (Å²) in [6.07, 6.45) is 3.47. The van der Waals surface area contributed by atoms with Gasteiger partial charge in [0.2, 0.25) is 5.91 Å². The fourth-order valence-corrected chi connectivity index (χ4v) is 0.762. The van der Waals surface area contributed by atoms with Gasteiger partial charge >= 0.3 is 0 Å². The van der Waals surface area contributed by atoms with E-state index in [0.717, 1.165) is 0 Å². The molecule has 4 N–H and O–H groups in total. The number of rotatable bonds is 4. The largest absolute Gasteiger partial charge is 0.368 e. The van der Waals surface area contributed by atoms with Crippen LogP contribution in [0.3, 0.4) is 0 Å². The van der Waals surface area contributed by atoms with Crippen molar-refractivity contribution in [1.82, 2.24) is 14.8 Å². The molecule has 0 aliphatic rings. The summed E-state index contributed by atoms with van der Waals surface area (Å²) in [6, 6.07) is -0.603. The molecule has 0 radical (unpaired) electrons. The maximum atomic E-state index is 10.5. The first kappa shape index (κ1) is 8.66. The van der Waals surface area contributed by atoms with E-state index >= 15 is 0 Å². The lowest BCUT2D eigenvalue weighted by Gasteiger charge is -2.05. The molecule has 0 aliphatic carbocycles. The number of nitrogens with two attached hydrogens (primary N) is 2. The van der Waals surface area contributed by atoms with Gasteiger partial charge in [0.25, 0.3) is 0 Å². The Morgan fingerprint density at radius 2 is 2.42 bits per heavy atom. The quantitative estimate of drug-likeness (QED) is 0.571. The van der Waals surface area contributed by atoms with E-state index in [-0.39, 0.29) is 0 Å². The third kappa shape index (κ3) is 2.31. The van der Waals surface area contributed by atoms with Gasteiger partial charge in [-0.05, 0) is 6.42 Å². The van der Waals surface area contributed by atoms with Crippen LogP contribution in [0.25, 0.3) is 0 Å². The first-order valence-corrected chi connectivity index (χ1v) is 3.57. The smallest absolute Gasteiger partial charge is 0.234 e. The molecule has 0 spiro atoms. The lowest BCUT2D eigenvalue weighted by atomic mass is 10.2. The van der Waals surface area contributed by atoms with Crippen molar-refractivity contribution in [2.45, 2.75) is 19.0 Å². The molecular weight excluding hydrogens is 158 g/mol. The van der Waals surface area contributed by atoms with Gasteiger partial charge in [-0.15, -0.1) is 0 Å². The number of primary amides is 1. The van der Waals surface area contributed by atoms with Crippen molar-refractivity contribution in [2.75, 3.05) is 0 Å². The summed E-state index contributed by atoms with van der Waals surface area (Å²) < 4.78 is 1.60. The molecule has 1 amide bonds. The highest BCUT2D eigenvalue weighted by atomic mass is 16.1. The van der Waals surface area contributed by atoms with Crippen molar-refractivity contribution in [3.63, 3.8) is 0 Å². The lowest BCUT2D eigenvalue weighted by molar-refractivity contribution is -0.119. The number of carbonyl (C=O) groups excluding carboxylic acids is 1. The molecule has 0 fully saturated rings. The van der Waals surface area contributed by atoms with Gasteiger partial charge < -0.3 is 11.5 Å². The molecule has 0 saturated carbocycles. The lowest BCUT2D eigenvalue weighted by Crippen LogP contribution is -2.37. The molecule has 1 aromatic rings. The summed E-state index contributed by atoms with van der Waals surface area (Å²) >= 11 is 0. The maximum absolute atomic E-state index is 10.5. The molecular formula is C6H11N5O. The predicted molar refractivity (Wildman–Crippen MR) is 41.8 cm³/mol. The Labute approximate surface area is 69.6 Å². The normalized spacial score (nSPS) is 12.8. The number of amides is 1. The first-order valence-electron chi connectivity index (χ1n) is 3.57. The number of aryl methyl sites for hydroxylation is 1. The van der Waals surface area contributed by atoms with Gasteiger partial charge in [0, 0.05) is 6.54 Å². The minimum Gasteiger partial charge on any atom is -0.368 e. The minimum atomic E-state index is -0.603. The molecule has 66 valence electrons. The Bertz CT molecular complexity index is 244. The van der Waals surface area contributed by atoms with Gasteiger partial charge in [-0.2, -0.15) is 5.10 Å². The standard InChI is InChI=1S/C6H11N5O/c7-5(6(8)12)1-2-11-4-9-3-10-11/h3-5H,1-2,7H2,(H2,8,12). The van der Waals surface area contributed by atoms with Crippen molar-refractivity contribution >= 4 is 5.91 Å². The van der Waals surface area contributed by atoms with E-state index in [9.17, 15) is 4.79 Å². The van der Waals surface area contributed by atoms with Gasteiger partial charge in [0.1, 0.15) is 12.7 Å². The fraction of sp³-hybridized carbons (Fsp3) is 0.500. The molecule has 6 nitrogen and oxygen atoms in total. The zero-order chi connectivity index (χ0) is 8.97. The highest BCUT2D eigenvalue weighted by molar-refractivity contribution is 5.79. The highest BCUT2D eigenvalue weighted by Gasteiger charge is 2.08. The Kier molecular flexibility index (Phi) is 2.76. The second kappa shape index (κ2) is 3.82. The van der Waals surface area contributed by atoms with E-state index in [2.05, 4.69) is 10.1 Å². The van der Waals surface area contributed by atoms with Crippen LogP contribution < -0.4 is 11.5 Å². The molecule has 1 rings (SSSR count). The number of nitrogens with zero attached hydrogens (tertiary/aromatic N) is 3. The SMILES string of the molecule is NC(=O)C(N)CCn1cncn1. The average molecular weight is 169 g/mol. The molecule has 0 bridgehead atoms. The third-order valence-electron chi connectivity index (χ3n) is 1.50. The zero-order valence-electron chi connectivity index (χ0n) is 6.55. The molecule has 1 unspecified atom stereocenters. The predicted octanol–water partition coefficient (Wildman–Crippen LogP) is -1.52. The molecule has 0 aliphatic heterocycles. The van der Waals surface area contributed by atoms with Crippen molar-refractivity contribution in [2.24, 2.45) is 11.5 Å². The second-order valence-electron chi connectivity index (χ2n) is 2.46. The van der Waals surface area contributed by atoms with Crippen LogP contribution >= 0.6 is 0 Å². The molecule has 0 saturated heterocycles. The van der Waals surface area contributed by atoms with E-state index in [0.29, 0.717) is 13.0 Å². The molecule has 1 heterocycles. The van der Waals surface area contributed by atoms with Crippen LogP contribution in [-0.2, 0) is 11.3 Å². The maximum Gasteiger partial charge on any atom is 0.234 e. The second-order valence-corrected chi connectivity index (χ2v) is 2.46. The van der Waals surface area contributed by atoms with E-state index in [1.54, 1.807) is 11.0 Å². The summed E-state index contributed by atoms with van der Waals surface area (Å²) in [4.78, 5) is 14.3. The zero-order valence-corrected chi connectivity index (χ0v) is 6.55. The first-order chi connectivity index (χ1) is 5.70. The van der Waals surface area contributed by atoms with Crippen LogP contribution in [0.1, 0.15) is 6.42 Å². The summed E-state index contributed by atoms with van der Waals surface area (Å²) in [7, 11) is 0. The summed E-state index contributed by atoms with van der Waals surface area (Å²) in [5.74, 6) is -0.491. The molecule has 0 aromatic carbocycles. The minimum absolute atomic E-state index is 0.485. The van der Waals surface area contributed by atoms with Gasteiger partial charge in [0.05, 0.1) is 6.04 Å². The Balaban J connectivity index is 2.31. The molecule has 6 heteroatoms. The fourth-order valence-electron chi connectivity index (χ4n) is 0.762. The Morgan fingerprint density at radius 1 is 1.67 bits per heavy atom. The topological polar surface area (TPSA) is 99.8 Å². The third-order valence-corrected chi connectivity index (χ3v) is 1.50. The summed E-state index contributed by atoms with van der Waals surface area (Å²) in [5, 5.41) is 3.85. The van der Waals surface area contributed by atoms with E-state index in [1.807, 2.05) is 0 Å². The number of hydrogen-bond donors (Lipinski definition) is 2. The Morgan fingerprint density at radius 3 is 2.92 bits per heavy atom. The van der Waals surface area contributed by atoms with Crippen LogP contribution in [-0.4, -0.2) is 26.7 Å². The van der Waals surface area contributed by atoms with Crippen molar-refractivity contribution in [1.29, 1.82) is 0 Å². The monoisotopic (exact) mass is 169 g/mol. The van der Waals surface area contributed by atoms with E-state index in [1.165, 1.54) is 6.33 Å². The van der Waals surface area contributed by atoms with Gasteiger partial charge in [0.15, 0.2) is 0 Å². The van der Waals surface area contributed by atoms with E-state index < -0.39 is 11.9 Å². The van der Waals surface area contributed by atoms with Gasteiger partial charge in [-0.25, -0.2) is 4.98 Å².